The Morgan fingerprint density at radius 1 is 1.00 bits per heavy atom. The van der Waals surface area contributed by atoms with Gasteiger partial charge in [0.05, 0.1) is 0 Å². The number of carbonyl (C=O) groups is 1. The minimum absolute atomic E-state index is 0.0738. The number of hydrogen-bond acceptors (Lipinski definition) is 1. The zero-order chi connectivity index (χ0) is 13.5. The smallest absolute Gasteiger partial charge is 0.224 e. The molecule has 0 radical (unpaired) electrons. The van der Waals surface area contributed by atoms with Crippen LogP contribution in [-0.2, 0) is 17.6 Å². The summed E-state index contributed by atoms with van der Waals surface area (Å²) in [6.45, 7) is 2.09. The molecule has 19 heavy (non-hydrogen) atoms. The molecule has 0 aliphatic carbocycles. The SMILES string of the molecule is CCc1ccccc1NC(=O)CCc1ccccc1. The highest BCUT2D eigenvalue weighted by Gasteiger charge is 2.05. The third-order valence-electron chi connectivity index (χ3n) is 3.16. The Hall–Kier alpha value is -2.09. The summed E-state index contributed by atoms with van der Waals surface area (Å²) in [7, 11) is 0. The molecule has 1 N–H and O–H groups in total. The summed E-state index contributed by atoms with van der Waals surface area (Å²) in [6.07, 6.45) is 2.22. The molecule has 0 unspecified atom stereocenters. The first-order chi connectivity index (χ1) is 9.29. The lowest BCUT2D eigenvalue weighted by atomic mass is 10.1. The van der Waals surface area contributed by atoms with Crippen molar-refractivity contribution < 1.29 is 4.79 Å². The summed E-state index contributed by atoms with van der Waals surface area (Å²) < 4.78 is 0. The van der Waals surface area contributed by atoms with Gasteiger partial charge in [-0.2, -0.15) is 0 Å². The van der Waals surface area contributed by atoms with Gasteiger partial charge in [-0.05, 0) is 30.0 Å². The van der Waals surface area contributed by atoms with Gasteiger partial charge in [0, 0.05) is 12.1 Å². The lowest BCUT2D eigenvalue weighted by Gasteiger charge is -2.09. The molecule has 2 aromatic rings. The quantitative estimate of drug-likeness (QED) is 0.862. The van der Waals surface area contributed by atoms with Crippen molar-refractivity contribution in [3.8, 4) is 0 Å². The summed E-state index contributed by atoms with van der Waals surface area (Å²) in [6, 6.07) is 18.0. The van der Waals surface area contributed by atoms with Crippen molar-refractivity contribution in [3.63, 3.8) is 0 Å². The van der Waals surface area contributed by atoms with Gasteiger partial charge in [-0.15, -0.1) is 0 Å². The van der Waals surface area contributed by atoms with Crippen molar-refractivity contribution in [2.24, 2.45) is 0 Å². The Morgan fingerprint density at radius 3 is 2.42 bits per heavy atom. The van der Waals surface area contributed by atoms with Gasteiger partial charge < -0.3 is 5.32 Å². The highest BCUT2D eigenvalue weighted by molar-refractivity contribution is 5.91. The molecule has 0 aromatic heterocycles. The molecule has 0 atom stereocenters. The predicted octanol–water partition coefficient (Wildman–Crippen LogP) is 3.82. The fraction of sp³-hybridized carbons (Fsp3) is 0.235. The number of nitrogens with one attached hydrogen (secondary N) is 1. The average Bonchev–Trinajstić information content (AvgIpc) is 2.47. The number of rotatable bonds is 5. The summed E-state index contributed by atoms with van der Waals surface area (Å²) in [5.74, 6) is 0.0738. The predicted molar refractivity (Wildman–Crippen MR) is 79.2 cm³/mol. The van der Waals surface area contributed by atoms with E-state index in [1.165, 1.54) is 11.1 Å². The average molecular weight is 253 g/mol. The lowest BCUT2D eigenvalue weighted by molar-refractivity contribution is -0.116. The maximum Gasteiger partial charge on any atom is 0.224 e. The van der Waals surface area contributed by atoms with Gasteiger partial charge in [0.1, 0.15) is 0 Å². The number of para-hydroxylation sites is 1. The molecule has 0 fully saturated rings. The van der Waals surface area contributed by atoms with E-state index in [-0.39, 0.29) is 5.91 Å². The topological polar surface area (TPSA) is 29.1 Å². The third-order valence-corrected chi connectivity index (χ3v) is 3.16. The van der Waals surface area contributed by atoms with Crippen LogP contribution < -0.4 is 5.32 Å². The monoisotopic (exact) mass is 253 g/mol. The third kappa shape index (κ3) is 3.95. The molecule has 2 nitrogen and oxygen atoms in total. The molecular formula is C17H19NO. The van der Waals surface area contributed by atoms with E-state index in [2.05, 4.69) is 12.2 Å². The first-order valence-corrected chi connectivity index (χ1v) is 6.71. The summed E-state index contributed by atoms with van der Waals surface area (Å²) >= 11 is 0. The number of benzene rings is 2. The van der Waals surface area contributed by atoms with Crippen molar-refractivity contribution in [2.45, 2.75) is 26.2 Å². The van der Waals surface area contributed by atoms with Gasteiger partial charge in [0.25, 0.3) is 0 Å². The second-order valence-electron chi connectivity index (χ2n) is 4.54. The number of amides is 1. The molecular weight excluding hydrogens is 234 g/mol. The van der Waals surface area contributed by atoms with Crippen LogP contribution in [0.2, 0.25) is 0 Å². The van der Waals surface area contributed by atoms with Gasteiger partial charge in [0.2, 0.25) is 5.91 Å². The fourth-order valence-corrected chi connectivity index (χ4v) is 2.07. The Kier molecular flexibility index (Phi) is 4.73. The normalized spacial score (nSPS) is 10.2. The van der Waals surface area contributed by atoms with Crippen molar-refractivity contribution >= 4 is 11.6 Å². The van der Waals surface area contributed by atoms with Crippen LogP contribution in [0.3, 0.4) is 0 Å². The summed E-state index contributed by atoms with van der Waals surface area (Å²) in [4.78, 5) is 11.9. The van der Waals surface area contributed by atoms with Crippen molar-refractivity contribution in [2.75, 3.05) is 5.32 Å². The van der Waals surface area contributed by atoms with Crippen LogP contribution >= 0.6 is 0 Å². The number of anilines is 1. The molecule has 0 saturated carbocycles. The van der Waals surface area contributed by atoms with Crippen LogP contribution in [0, 0.1) is 0 Å². The van der Waals surface area contributed by atoms with Gasteiger partial charge in [-0.3, -0.25) is 4.79 Å². The molecule has 1 amide bonds. The number of carbonyl (C=O) groups excluding carboxylic acids is 1. The Balaban J connectivity index is 1.91. The van der Waals surface area contributed by atoms with Gasteiger partial charge in [0.15, 0.2) is 0 Å². The first-order valence-electron chi connectivity index (χ1n) is 6.71. The Bertz CT molecular complexity index is 534. The van der Waals surface area contributed by atoms with Gasteiger partial charge in [-0.1, -0.05) is 55.5 Å². The van der Waals surface area contributed by atoms with Crippen LogP contribution in [0.4, 0.5) is 5.69 Å². The molecule has 0 saturated heterocycles. The van der Waals surface area contributed by atoms with Crippen LogP contribution in [0.25, 0.3) is 0 Å². The van der Waals surface area contributed by atoms with Crippen molar-refractivity contribution in [1.29, 1.82) is 0 Å². The van der Waals surface area contributed by atoms with Crippen LogP contribution in [0.5, 0.6) is 0 Å². The Morgan fingerprint density at radius 2 is 1.68 bits per heavy atom. The van der Waals surface area contributed by atoms with Crippen LogP contribution in [-0.4, -0.2) is 5.91 Å². The van der Waals surface area contributed by atoms with Crippen LogP contribution in [0.1, 0.15) is 24.5 Å². The Labute approximate surface area is 114 Å². The zero-order valence-electron chi connectivity index (χ0n) is 11.2. The zero-order valence-corrected chi connectivity index (χ0v) is 11.2. The van der Waals surface area contributed by atoms with E-state index in [4.69, 9.17) is 0 Å². The van der Waals surface area contributed by atoms with Gasteiger partial charge >= 0.3 is 0 Å². The maximum atomic E-state index is 11.9. The van der Waals surface area contributed by atoms with E-state index in [1.807, 2.05) is 54.6 Å². The molecule has 0 aliphatic rings. The van der Waals surface area contributed by atoms with E-state index >= 15 is 0 Å². The largest absolute Gasteiger partial charge is 0.326 e. The summed E-state index contributed by atoms with van der Waals surface area (Å²) in [5, 5.41) is 2.99. The lowest BCUT2D eigenvalue weighted by Crippen LogP contribution is -2.13. The highest BCUT2D eigenvalue weighted by Crippen LogP contribution is 2.16. The summed E-state index contributed by atoms with van der Waals surface area (Å²) in [5.41, 5.74) is 3.31. The van der Waals surface area contributed by atoms with Crippen molar-refractivity contribution in [3.05, 3.63) is 65.7 Å². The van der Waals surface area contributed by atoms with E-state index in [0.29, 0.717) is 6.42 Å². The second-order valence-corrected chi connectivity index (χ2v) is 4.54. The maximum absolute atomic E-state index is 11.9. The number of aryl methyl sites for hydroxylation is 2. The van der Waals surface area contributed by atoms with Crippen LogP contribution in [0.15, 0.2) is 54.6 Å². The van der Waals surface area contributed by atoms with E-state index in [0.717, 1.165) is 18.5 Å². The van der Waals surface area contributed by atoms with E-state index in [9.17, 15) is 4.79 Å². The van der Waals surface area contributed by atoms with E-state index < -0.39 is 0 Å². The fourth-order valence-electron chi connectivity index (χ4n) is 2.07. The molecule has 0 aliphatic heterocycles. The molecule has 0 heterocycles. The highest BCUT2D eigenvalue weighted by atomic mass is 16.1. The molecule has 0 bridgehead atoms. The minimum atomic E-state index is 0.0738. The standard InChI is InChI=1S/C17H19NO/c1-2-15-10-6-7-11-16(15)18-17(19)13-12-14-8-4-3-5-9-14/h3-11H,2,12-13H2,1H3,(H,18,19). The minimum Gasteiger partial charge on any atom is -0.326 e. The molecule has 2 heteroatoms. The molecule has 2 aromatic carbocycles. The second kappa shape index (κ2) is 6.74. The van der Waals surface area contributed by atoms with Crippen molar-refractivity contribution in [1.82, 2.24) is 0 Å². The first kappa shape index (κ1) is 13.3. The molecule has 2 rings (SSSR count). The number of hydrogen-bond donors (Lipinski definition) is 1. The van der Waals surface area contributed by atoms with Gasteiger partial charge in [-0.25, -0.2) is 0 Å². The molecule has 0 spiro atoms. The van der Waals surface area contributed by atoms with E-state index in [1.54, 1.807) is 0 Å². The molecule has 98 valence electrons.